The van der Waals surface area contributed by atoms with Crippen LogP contribution in [-0.4, -0.2) is 11.9 Å². The predicted octanol–water partition coefficient (Wildman–Crippen LogP) is 2.49. The summed E-state index contributed by atoms with van der Waals surface area (Å²) in [5, 5.41) is 21.1. The largest absolute Gasteiger partial charge is 2.00 e. The minimum absolute atomic E-state index is 0. The fourth-order valence-corrected chi connectivity index (χ4v) is 2.59. The molecule has 0 aliphatic rings. The zero-order chi connectivity index (χ0) is 19.7. The van der Waals surface area contributed by atoms with Crippen LogP contribution in [0.1, 0.15) is 59.5 Å². The minimum Gasteiger partial charge on any atom is -0.545 e. The van der Waals surface area contributed by atoms with Crippen LogP contribution in [0, 0.1) is 11.8 Å². The van der Waals surface area contributed by atoms with E-state index in [2.05, 4.69) is 27.7 Å². The molecule has 0 N–H and O–H groups in total. The molecular formula is C22H26O4Zn. The van der Waals surface area contributed by atoms with Crippen molar-refractivity contribution in [2.75, 3.05) is 0 Å². The van der Waals surface area contributed by atoms with Crippen LogP contribution in [0.5, 0.6) is 0 Å². The van der Waals surface area contributed by atoms with E-state index in [1.54, 1.807) is 36.4 Å². The molecule has 0 spiro atoms. The molecule has 27 heavy (non-hydrogen) atoms. The smallest absolute Gasteiger partial charge is 0.545 e. The Morgan fingerprint density at radius 2 is 1.07 bits per heavy atom. The Morgan fingerprint density at radius 3 is 1.33 bits per heavy atom. The Morgan fingerprint density at radius 1 is 0.741 bits per heavy atom. The van der Waals surface area contributed by atoms with E-state index in [1.807, 2.05) is 12.1 Å². The van der Waals surface area contributed by atoms with Crippen LogP contribution in [-0.2, 0) is 32.3 Å². The standard InChI is InChI=1S/2C11H14O2.Zn/c2*1-8(2)6-9-4-3-5-10(7-9)11(12)13;/h2*3-5,7-8H,6H2,1-2H3,(H,12,13);/q;;+2/p-2. The first-order chi connectivity index (χ1) is 12.2. The van der Waals surface area contributed by atoms with Gasteiger partial charge in [0.05, 0.1) is 11.9 Å². The molecule has 0 heterocycles. The van der Waals surface area contributed by atoms with E-state index in [4.69, 9.17) is 0 Å². The maximum absolute atomic E-state index is 10.5. The second-order valence-electron chi connectivity index (χ2n) is 7.17. The van der Waals surface area contributed by atoms with E-state index in [1.165, 1.54) is 0 Å². The van der Waals surface area contributed by atoms with Crippen LogP contribution >= 0.6 is 0 Å². The zero-order valence-electron chi connectivity index (χ0n) is 16.5. The van der Waals surface area contributed by atoms with E-state index in [0.717, 1.165) is 24.0 Å². The fraction of sp³-hybridized carbons (Fsp3) is 0.364. The molecule has 0 saturated heterocycles. The van der Waals surface area contributed by atoms with Gasteiger partial charge in [0, 0.05) is 0 Å². The minimum atomic E-state index is -1.11. The van der Waals surface area contributed by atoms with Crippen molar-refractivity contribution in [3.8, 4) is 0 Å². The van der Waals surface area contributed by atoms with Gasteiger partial charge < -0.3 is 19.8 Å². The van der Waals surface area contributed by atoms with Gasteiger partial charge >= 0.3 is 19.5 Å². The molecule has 0 unspecified atom stereocenters. The first-order valence-electron chi connectivity index (χ1n) is 8.79. The molecule has 5 heteroatoms. The number of rotatable bonds is 6. The second-order valence-corrected chi connectivity index (χ2v) is 7.17. The zero-order valence-corrected chi connectivity index (χ0v) is 19.5. The molecular weight excluding hydrogens is 394 g/mol. The SMILES string of the molecule is CC(C)Cc1cccc(C(=O)[O-])c1.CC(C)Cc1cccc(C(=O)[O-])c1.[Zn+2]. The maximum atomic E-state index is 10.5. The monoisotopic (exact) mass is 418 g/mol. The summed E-state index contributed by atoms with van der Waals surface area (Å²) in [5.74, 6) is -1.13. The van der Waals surface area contributed by atoms with Gasteiger partial charge in [-0.1, -0.05) is 64.1 Å². The maximum Gasteiger partial charge on any atom is 2.00 e. The Hall–Kier alpha value is -2.00. The summed E-state index contributed by atoms with van der Waals surface area (Å²) in [6.45, 7) is 8.41. The topological polar surface area (TPSA) is 80.3 Å². The fourth-order valence-electron chi connectivity index (χ4n) is 2.59. The number of benzene rings is 2. The number of hydrogen-bond donors (Lipinski definition) is 0. The van der Waals surface area contributed by atoms with Crippen molar-refractivity contribution in [1.29, 1.82) is 0 Å². The Bertz CT molecular complexity index is 675. The van der Waals surface area contributed by atoms with Crippen LogP contribution in [0.25, 0.3) is 0 Å². The van der Waals surface area contributed by atoms with Gasteiger partial charge in [-0.15, -0.1) is 0 Å². The van der Waals surface area contributed by atoms with Crippen molar-refractivity contribution < 1.29 is 39.3 Å². The quantitative estimate of drug-likeness (QED) is 0.674. The molecule has 0 radical (unpaired) electrons. The van der Waals surface area contributed by atoms with Crippen molar-refractivity contribution >= 4 is 11.9 Å². The molecule has 0 bridgehead atoms. The third-order valence-corrected chi connectivity index (χ3v) is 3.61. The van der Waals surface area contributed by atoms with E-state index < -0.39 is 11.9 Å². The van der Waals surface area contributed by atoms with Gasteiger partial charge in [0.25, 0.3) is 0 Å². The number of hydrogen-bond acceptors (Lipinski definition) is 4. The van der Waals surface area contributed by atoms with E-state index >= 15 is 0 Å². The summed E-state index contributed by atoms with van der Waals surface area (Å²) in [5.41, 5.74) is 2.63. The number of carboxylic acids is 2. The molecule has 0 fully saturated rings. The second kappa shape index (κ2) is 12.4. The Labute approximate surface area is 174 Å². The molecule has 2 rings (SSSR count). The molecule has 0 aromatic heterocycles. The van der Waals surface area contributed by atoms with Crippen LogP contribution in [0.2, 0.25) is 0 Å². The number of carboxylic acid groups (broad SMARTS) is 2. The van der Waals surface area contributed by atoms with Crippen molar-refractivity contribution in [2.45, 2.75) is 40.5 Å². The van der Waals surface area contributed by atoms with Gasteiger partial charge in [0.2, 0.25) is 0 Å². The van der Waals surface area contributed by atoms with Gasteiger partial charge in [0.1, 0.15) is 0 Å². The average molecular weight is 420 g/mol. The van der Waals surface area contributed by atoms with E-state index in [-0.39, 0.29) is 30.6 Å². The van der Waals surface area contributed by atoms with Crippen molar-refractivity contribution in [3.05, 3.63) is 70.8 Å². The van der Waals surface area contributed by atoms with Crippen molar-refractivity contribution in [1.82, 2.24) is 0 Å². The number of carbonyl (C=O) groups is 2. The van der Waals surface area contributed by atoms with E-state index in [9.17, 15) is 19.8 Å². The summed E-state index contributed by atoms with van der Waals surface area (Å²) in [4.78, 5) is 21.1. The van der Waals surface area contributed by atoms with E-state index in [0.29, 0.717) is 11.8 Å². The summed E-state index contributed by atoms with van der Waals surface area (Å²) in [6.07, 6.45) is 1.81. The third-order valence-electron chi connectivity index (χ3n) is 3.61. The molecule has 0 saturated carbocycles. The molecule has 0 aliphatic heterocycles. The normalized spacial score (nSPS) is 10.0. The van der Waals surface area contributed by atoms with Gasteiger partial charge in [0.15, 0.2) is 0 Å². The summed E-state index contributed by atoms with van der Waals surface area (Å²) < 4.78 is 0. The van der Waals surface area contributed by atoms with Crippen LogP contribution in [0.15, 0.2) is 48.5 Å². The molecule has 140 valence electrons. The first-order valence-corrected chi connectivity index (χ1v) is 8.79. The molecule has 2 aromatic rings. The number of aromatic carboxylic acids is 2. The van der Waals surface area contributed by atoms with Crippen LogP contribution in [0.3, 0.4) is 0 Å². The molecule has 2 aromatic carbocycles. The van der Waals surface area contributed by atoms with Gasteiger partial charge in [-0.05, 0) is 59.1 Å². The Kier molecular flexibility index (Phi) is 11.5. The molecule has 4 nitrogen and oxygen atoms in total. The van der Waals surface area contributed by atoms with Crippen LogP contribution in [0.4, 0.5) is 0 Å². The van der Waals surface area contributed by atoms with Gasteiger partial charge in [-0.3, -0.25) is 0 Å². The summed E-state index contributed by atoms with van der Waals surface area (Å²) in [7, 11) is 0. The predicted molar refractivity (Wildman–Crippen MR) is 98.6 cm³/mol. The summed E-state index contributed by atoms with van der Waals surface area (Å²) >= 11 is 0. The third kappa shape index (κ3) is 10.1. The molecule has 0 atom stereocenters. The van der Waals surface area contributed by atoms with Crippen LogP contribution < -0.4 is 10.2 Å². The average Bonchev–Trinajstić information content (AvgIpc) is 2.54. The Balaban J connectivity index is 0.000000483. The first kappa shape index (κ1) is 25.0. The van der Waals surface area contributed by atoms with Crippen molar-refractivity contribution in [3.63, 3.8) is 0 Å². The van der Waals surface area contributed by atoms with Gasteiger partial charge in [-0.25, -0.2) is 0 Å². The summed E-state index contributed by atoms with van der Waals surface area (Å²) in [6, 6.07) is 13.8. The number of carbonyl (C=O) groups excluding carboxylic acids is 2. The van der Waals surface area contributed by atoms with Crippen molar-refractivity contribution in [2.24, 2.45) is 11.8 Å². The molecule has 0 aliphatic carbocycles. The molecule has 0 amide bonds. The van der Waals surface area contributed by atoms with Gasteiger partial charge in [-0.2, -0.15) is 0 Å².